The Kier molecular flexibility index (Phi) is 2.21. The van der Waals surface area contributed by atoms with Crippen molar-refractivity contribution in [1.29, 1.82) is 0 Å². The molecule has 0 spiro atoms. The molecule has 2 rings (SSSR count). The van der Waals surface area contributed by atoms with Crippen molar-refractivity contribution in [3.63, 3.8) is 0 Å². The average molecular weight is 203 g/mol. The summed E-state index contributed by atoms with van der Waals surface area (Å²) in [5, 5.41) is 0.805. The quantitative estimate of drug-likeness (QED) is 0.780. The molecule has 5 nitrogen and oxygen atoms in total. The monoisotopic (exact) mass is 203 g/mol. The number of primary amides is 1. The highest BCUT2D eigenvalue weighted by Gasteiger charge is 2.05. The Morgan fingerprint density at radius 2 is 2.27 bits per heavy atom. The van der Waals surface area contributed by atoms with Crippen molar-refractivity contribution in [3.05, 3.63) is 30.2 Å². The topological polar surface area (TPSA) is 78.1 Å². The normalized spacial score (nSPS) is 10.2. The van der Waals surface area contributed by atoms with E-state index < -0.39 is 5.91 Å². The predicted molar refractivity (Wildman–Crippen MR) is 54.6 cm³/mol. The molecule has 0 saturated heterocycles. The number of rotatable bonds is 2. The highest BCUT2D eigenvalue weighted by Crippen LogP contribution is 2.18. The van der Waals surface area contributed by atoms with Crippen LogP contribution in [0.5, 0.6) is 5.75 Å². The van der Waals surface area contributed by atoms with Gasteiger partial charge in [-0.05, 0) is 18.2 Å². The van der Waals surface area contributed by atoms with Crippen LogP contribution < -0.4 is 10.5 Å². The molecule has 0 aliphatic rings. The van der Waals surface area contributed by atoms with E-state index in [0.29, 0.717) is 5.52 Å². The number of amides is 1. The van der Waals surface area contributed by atoms with Crippen LogP contribution in [0.3, 0.4) is 0 Å². The van der Waals surface area contributed by atoms with Crippen LogP contribution in [0, 0.1) is 0 Å². The molecule has 0 aliphatic heterocycles. The van der Waals surface area contributed by atoms with Crippen LogP contribution in [0.15, 0.2) is 24.4 Å². The lowest BCUT2D eigenvalue weighted by molar-refractivity contribution is 0.0991. The maximum atomic E-state index is 10.8. The molecule has 15 heavy (non-hydrogen) atoms. The lowest BCUT2D eigenvalue weighted by atomic mass is 10.2. The number of ether oxygens (including phenoxy) is 1. The molecule has 0 atom stereocenters. The summed E-state index contributed by atoms with van der Waals surface area (Å²) in [6.07, 6.45) is 1.55. The van der Waals surface area contributed by atoms with Crippen LogP contribution in [-0.4, -0.2) is 23.0 Å². The molecular weight excluding hydrogens is 194 g/mol. The van der Waals surface area contributed by atoms with Crippen LogP contribution >= 0.6 is 0 Å². The molecule has 0 fully saturated rings. The Balaban J connectivity index is 2.59. The van der Waals surface area contributed by atoms with Gasteiger partial charge in [0.15, 0.2) is 0 Å². The Morgan fingerprint density at radius 1 is 1.47 bits per heavy atom. The Hall–Kier alpha value is -2.17. The van der Waals surface area contributed by atoms with Gasteiger partial charge in [-0.1, -0.05) is 0 Å². The average Bonchev–Trinajstić information content (AvgIpc) is 2.27. The summed E-state index contributed by atoms with van der Waals surface area (Å²) in [6, 6.07) is 5.31. The molecule has 1 aromatic heterocycles. The molecule has 0 aliphatic carbocycles. The third-order valence-corrected chi connectivity index (χ3v) is 2.01. The molecule has 76 valence electrons. The van der Waals surface area contributed by atoms with Crippen LogP contribution in [-0.2, 0) is 0 Å². The number of benzene rings is 1. The first-order valence-electron chi connectivity index (χ1n) is 4.31. The summed E-state index contributed by atoms with van der Waals surface area (Å²) in [7, 11) is 1.58. The van der Waals surface area contributed by atoms with Crippen molar-refractivity contribution in [1.82, 2.24) is 9.97 Å². The van der Waals surface area contributed by atoms with Gasteiger partial charge in [0, 0.05) is 11.6 Å². The van der Waals surface area contributed by atoms with E-state index in [1.54, 1.807) is 31.5 Å². The summed E-state index contributed by atoms with van der Waals surface area (Å²) in [6.45, 7) is 0. The zero-order valence-corrected chi connectivity index (χ0v) is 8.10. The summed E-state index contributed by atoms with van der Waals surface area (Å²) in [4.78, 5) is 18.7. The second-order valence-electron chi connectivity index (χ2n) is 2.98. The zero-order chi connectivity index (χ0) is 10.8. The smallest absolute Gasteiger partial charge is 0.286 e. The highest BCUT2D eigenvalue weighted by molar-refractivity contribution is 5.91. The number of methoxy groups -OCH3 is 1. The lowest BCUT2D eigenvalue weighted by Gasteiger charge is -2.02. The summed E-state index contributed by atoms with van der Waals surface area (Å²) in [5.74, 6) is 0.110. The molecule has 1 amide bonds. The number of hydrogen-bond donors (Lipinski definition) is 1. The van der Waals surface area contributed by atoms with Crippen LogP contribution in [0.1, 0.15) is 10.6 Å². The van der Waals surface area contributed by atoms with Gasteiger partial charge < -0.3 is 10.5 Å². The van der Waals surface area contributed by atoms with E-state index in [4.69, 9.17) is 10.5 Å². The standard InChI is InChI=1S/C10H9N3O2/c1-15-7-2-3-8-6(4-7)5-12-10(13-8)9(11)14/h2-5H,1H3,(H2,11,14). The lowest BCUT2D eigenvalue weighted by Crippen LogP contribution is -2.14. The molecule has 1 aromatic carbocycles. The van der Waals surface area contributed by atoms with E-state index >= 15 is 0 Å². The molecular formula is C10H9N3O2. The Morgan fingerprint density at radius 3 is 2.93 bits per heavy atom. The largest absolute Gasteiger partial charge is 0.497 e. The van der Waals surface area contributed by atoms with Gasteiger partial charge in [-0.3, -0.25) is 4.79 Å². The van der Waals surface area contributed by atoms with Gasteiger partial charge >= 0.3 is 0 Å². The molecule has 5 heteroatoms. The van der Waals surface area contributed by atoms with E-state index in [-0.39, 0.29) is 5.82 Å². The second kappa shape index (κ2) is 3.53. The number of nitrogens with two attached hydrogens (primary N) is 1. The van der Waals surface area contributed by atoms with E-state index in [1.165, 1.54) is 0 Å². The number of aromatic nitrogens is 2. The number of carbonyl (C=O) groups excluding carboxylic acids is 1. The number of nitrogens with zero attached hydrogens (tertiary/aromatic N) is 2. The minimum Gasteiger partial charge on any atom is -0.497 e. The summed E-state index contributed by atoms with van der Waals surface area (Å²) >= 11 is 0. The van der Waals surface area contributed by atoms with E-state index in [2.05, 4.69) is 9.97 Å². The maximum Gasteiger partial charge on any atom is 0.286 e. The zero-order valence-electron chi connectivity index (χ0n) is 8.10. The highest BCUT2D eigenvalue weighted by atomic mass is 16.5. The van der Waals surface area contributed by atoms with Crippen molar-refractivity contribution < 1.29 is 9.53 Å². The van der Waals surface area contributed by atoms with E-state index in [9.17, 15) is 4.79 Å². The first-order valence-corrected chi connectivity index (χ1v) is 4.31. The number of fused-ring (bicyclic) bond motifs is 1. The van der Waals surface area contributed by atoms with Crippen LogP contribution in [0.2, 0.25) is 0 Å². The SMILES string of the molecule is COc1ccc2nc(C(N)=O)ncc2c1. The van der Waals surface area contributed by atoms with Gasteiger partial charge in [0.1, 0.15) is 5.75 Å². The van der Waals surface area contributed by atoms with Crippen molar-refractivity contribution in [3.8, 4) is 5.75 Å². The van der Waals surface area contributed by atoms with Gasteiger partial charge in [0.25, 0.3) is 5.91 Å². The molecule has 1 heterocycles. The minimum absolute atomic E-state index is 0.0210. The third-order valence-electron chi connectivity index (χ3n) is 2.01. The Bertz CT molecular complexity index is 525. The first-order chi connectivity index (χ1) is 7.20. The van der Waals surface area contributed by atoms with Gasteiger partial charge in [0.2, 0.25) is 5.82 Å². The third kappa shape index (κ3) is 1.71. The second-order valence-corrected chi connectivity index (χ2v) is 2.98. The molecule has 0 unspecified atom stereocenters. The van der Waals surface area contributed by atoms with E-state index in [1.807, 2.05) is 0 Å². The maximum absolute atomic E-state index is 10.8. The van der Waals surface area contributed by atoms with Crippen LogP contribution in [0.25, 0.3) is 10.9 Å². The number of hydrogen-bond acceptors (Lipinski definition) is 4. The van der Waals surface area contributed by atoms with Gasteiger partial charge in [0.05, 0.1) is 12.6 Å². The predicted octanol–water partition coefficient (Wildman–Crippen LogP) is 0.737. The minimum atomic E-state index is -0.632. The van der Waals surface area contributed by atoms with Crippen molar-refractivity contribution >= 4 is 16.8 Å². The molecule has 0 bridgehead atoms. The molecule has 2 aromatic rings. The van der Waals surface area contributed by atoms with Gasteiger partial charge in [-0.2, -0.15) is 0 Å². The fraction of sp³-hybridized carbons (Fsp3) is 0.100. The molecule has 2 N–H and O–H groups in total. The van der Waals surface area contributed by atoms with Crippen molar-refractivity contribution in [2.24, 2.45) is 5.73 Å². The molecule has 0 saturated carbocycles. The van der Waals surface area contributed by atoms with Crippen molar-refractivity contribution in [2.45, 2.75) is 0 Å². The fourth-order valence-corrected chi connectivity index (χ4v) is 1.26. The van der Waals surface area contributed by atoms with Crippen molar-refractivity contribution in [2.75, 3.05) is 7.11 Å². The fourth-order valence-electron chi connectivity index (χ4n) is 1.26. The van der Waals surface area contributed by atoms with Crippen LogP contribution in [0.4, 0.5) is 0 Å². The van der Waals surface area contributed by atoms with Gasteiger partial charge in [-0.25, -0.2) is 9.97 Å². The summed E-state index contributed by atoms with van der Waals surface area (Å²) < 4.78 is 5.05. The first kappa shape index (κ1) is 9.39. The Labute approximate surface area is 85.9 Å². The molecule has 0 radical (unpaired) electrons. The van der Waals surface area contributed by atoms with E-state index in [0.717, 1.165) is 11.1 Å². The number of carbonyl (C=O) groups is 1. The van der Waals surface area contributed by atoms with Gasteiger partial charge in [-0.15, -0.1) is 0 Å². The summed E-state index contributed by atoms with van der Waals surface area (Å²) in [5.41, 5.74) is 5.74.